The average molecular weight is 275 g/mol. The molecule has 0 aliphatic carbocycles. The molecule has 0 saturated carbocycles. The second-order valence-electron chi connectivity index (χ2n) is 4.78. The Bertz CT molecular complexity index is 543. The molecule has 1 saturated heterocycles. The molecule has 1 fully saturated rings. The van der Waals surface area contributed by atoms with Gasteiger partial charge >= 0.3 is 0 Å². The largest absolute Gasteiger partial charge is 0.334 e. The molecule has 0 N–H and O–H groups in total. The Kier molecular flexibility index (Phi) is 3.46. The molecule has 19 heavy (non-hydrogen) atoms. The van der Waals surface area contributed by atoms with Gasteiger partial charge in [0.1, 0.15) is 0 Å². The molecule has 2 unspecified atom stereocenters. The standard InChI is InChI=1S/C14H17N3OS/c1-10-11(2)19-9-8-17(10)14-15-13(18-16-14)12-6-4-3-5-7-12/h3-7,10-11H,8-9H2,1-2H3. The lowest BCUT2D eigenvalue weighted by Gasteiger charge is -2.36. The summed E-state index contributed by atoms with van der Waals surface area (Å²) in [6, 6.07) is 10.3. The highest BCUT2D eigenvalue weighted by Gasteiger charge is 2.28. The summed E-state index contributed by atoms with van der Waals surface area (Å²) >= 11 is 2.00. The van der Waals surface area contributed by atoms with Crippen molar-refractivity contribution in [2.24, 2.45) is 0 Å². The minimum Gasteiger partial charge on any atom is -0.334 e. The number of hydrogen-bond acceptors (Lipinski definition) is 5. The predicted molar refractivity (Wildman–Crippen MR) is 78.5 cm³/mol. The summed E-state index contributed by atoms with van der Waals surface area (Å²) in [6.45, 7) is 5.44. The van der Waals surface area contributed by atoms with Crippen LogP contribution in [0.4, 0.5) is 5.95 Å². The lowest BCUT2D eigenvalue weighted by Crippen LogP contribution is -2.45. The third-order valence-electron chi connectivity index (χ3n) is 3.58. The van der Waals surface area contributed by atoms with Crippen molar-refractivity contribution in [3.8, 4) is 11.5 Å². The van der Waals surface area contributed by atoms with Crippen LogP contribution >= 0.6 is 11.8 Å². The summed E-state index contributed by atoms with van der Waals surface area (Å²) in [5, 5.41) is 4.72. The third-order valence-corrected chi connectivity index (χ3v) is 4.91. The van der Waals surface area contributed by atoms with Crippen LogP contribution in [0.25, 0.3) is 11.5 Å². The van der Waals surface area contributed by atoms with Gasteiger partial charge < -0.3 is 9.42 Å². The summed E-state index contributed by atoms with van der Waals surface area (Å²) in [6.07, 6.45) is 0. The minimum absolute atomic E-state index is 0.431. The van der Waals surface area contributed by atoms with Crippen molar-refractivity contribution < 1.29 is 4.52 Å². The van der Waals surface area contributed by atoms with E-state index >= 15 is 0 Å². The van der Waals surface area contributed by atoms with Crippen molar-refractivity contribution in [3.05, 3.63) is 30.3 Å². The second kappa shape index (κ2) is 5.25. The molecule has 2 heterocycles. The number of thioether (sulfide) groups is 1. The van der Waals surface area contributed by atoms with Gasteiger partial charge in [-0.05, 0) is 24.2 Å². The molecular formula is C14H17N3OS. The molecule has 4 nitrogen and oxygen atoms in total. The van der Waals surface area contributed by atoms with E-state index < -0.39 is 0 Å². The summed E-state index contributed by atoms with van der Waals surface area (Å²) in [4.78, 5) is 6.76. The number of benzene rings is 1. The van der Waals surface area contributed by atoms with E-state index in [2.05, 4.69) is 28.9 Å². The third kappa shape index (κ3) is 2.47. The Labute approximate surface area is 117 Å². The Morgan fingerprint density at radius 2 is 2.05 bits per heavy atom. The zero-order chi connectivity index (χ0) is 13.2. The topological polar surface area (TPSA) is 42.2 Å². The number of nitrogens with zero attached hydrogens (tertiary/aromatic N) is 3. The molecule has 1 aliphatic heterocycles. The number of aromatic nitrogens is 2. The van der Waals surface area contributed by atoms with E-state index in [9.17, 15) is 0 Å². The van der Waals surface area contributed by atoms with Gasteiger partial charge in [-0.15, -0.1) is 0 Å². The molecule has 1 aromatic heterocycles. The van der Waals surface area contributed by atoms with Crippen molar-refractivity contribution in [2.45, 2.75) is 25.1 Å². The van der Waals surface area contributed by atoms with E-state index in [1.54, 1.807) is 0 Å². The smallest absolute Gasteiger partial charge is 0.266 e. The van der Waals surface area contributed by atoms with Crippen LogP contribution in [-0.2, 0) is 0 Å². The van der Waals surface area contributed by atoms with Crippen LogP contribution < -0.4 is 4.90 Å². The van der Waals surface area contributed by atoms with Crippen LogP contribution in [0.5, 0.6) is 0 Å². The van der Waals surface area contributed by atoms with Gasteiger partial charge in [0, 0.05) is 29.2 Å². The molecule has 1 aliphatic rings. The van der Waals surface area contributed by atoms with Gasteiger partial charge in [0.05, 0.1) is 0 Å². The van der Waals surface area contributed by atoms with Gasteiger partial charge in [-0.3, -0.25) is 0 Å². The van der Waals surface area contributed by atoms with E-state index in [1.165, 1.54) is 0 Å². The zero-order valence-electron chi connectivity index (χ0n) is 11.1. The molecule has 2 aromatic rings. The zero-order valence-corrected chi connectivity index (χ0v) is 11.9. The Morgan fingerprint density at radius 1 is 1.26 bits per heavy atom. The summed E-state index contributed by atoms with van der Waals surface area (Å²) in [7, 11) is 0. The van der Waals surface area contributed by atoms with Crippen molar-refractivity contribution >= 4 is 17.7 Å². The number of rotatable bonds is 2. The molecule has 1 aromatic carbocycles. The fourth-order valence-corrected chi connectivity index (χ4v) is 3.35. The van der Waals surface area contributed by atoms with Crippen LogP contribution in [0.3, 0.4) is 0 Å². The predicted octanol–water partition coefficient (Wildman–Crippen LogP) is 3.07. The van der Waals surface area contributed by atoms with Crippen LogP contribution in [-0.4, -0.2) is 33.7 Å². The van der Waals surface area contributed by atoms with Gasteiger partial charge in [0.15, 0.2) is 0 Å². The van der Waals surface area contributed by atoms with Crippen LogP contribution in [0.2, 0.25) is 0 Å². The fourth-order valence-electron chi connectivity index (χ4n) is 2.25. The first-order chi connectivity index (χ1) is 9.25. The minimum atomic E-state index is 0.431. The van der Waals surface area contributed by atoms with E-state index in [4.69, 9.17) is 4.52 Å². The van der Waals surface area contributed by atoms with Gasteiger partial charge in [-0.2, -0.15) is 16.7 Å². The number of anilines is 1. The Balaban J connectivity index is 1.85. The van der Waals surface area contributed by atoms with Crippen molar-refractivity contribution in [2.75, 3.05) is 17.2 Å². The molecule has 5 heteroatoms. The van der Waals surface area contributed by atoms with Gasteiger partial charge in [0.2, 0.25) is 0 Å². The highest BCUT2D eigenvalue weighted by molar-refractivity contribution is 8.00. The fraction of sp³-hybridized carbons (Fsp3) is 0.429. The lowest BCUT2D eigenvalue weighted by atomic mass is 10.2. The summed E-state index contributed by atoms with van der Waals surface area (Å²) < 4.78 is 5.38. The molecule has 3 rings (SSSR count). The molecule has 0 radical (unpaired) electrons. The van der Waals surface area contributed by atoms with Crippen LogP contribution in [0.15, 0.2) is 34.9 Å². The van der Waals surface area contributed by atoms with Gasteiger partial charge in [0.25, 0.3) is 11.8 Å². The molecule has 0 bridgehead atoms. The second-order valence-corrected chi connectivity index (χ2v) is 6.26. The van der Waals surface area contributed by atoms with Gasteiger partial charge in [-0.25, -0.2) is 0 Å². The monoisotopic (exact) mass is 275 g/mol. The van der Waals surface area contributed by atoms with Crippen LogP contribution in [0.1, 0.15) is 13.8 Å². The molecule has 0 spiro atoms. The lowest BCUT2D eigenvalue weighted by molar-refractivity contribution is 0.426. The van der Waals surface area contributed by atoms with E-state index in [-0.39, 0.29) is 0 Å². The Hall–Kier alpha value is -1.49. The maximum atomic E-state index is 5.38. The Morgan fingerprint density at radius 3 is 2.84 bits per heavy atom. The average Bonchev–Trinajstić information content (AvgIpc) is 2.92. The van der Waals surface area contributed by atoms with E-state index in [0.717, 1.165) is 17.9 Å². The van der Waals surface area contributed by atoms with E-state index in [0.29, 0.717) is 23.1 Å². The first-order valence-corrected chi connectivity index (χ1v) is 7.58. The van der Waals surface area contributed by atoms with Crippen LogP contribution in [0, 0.1) is 0 Å². The molecule has 2 atom stereocenters. The highest BCUT2D eigenvalue weighted by atomic mass is 32.2. The molecule has 100 valence electrons. The quantitative estimate of drug-likeness (QED) is 0.842. The van der Waals surface area contributed by atoms with Crippen molar-refractivity contribution in [1.29, 1.82) is 0 Å². The van der Waals surface area contributed by atoms with Crippen molar-refractivity contribution in [1.82, 2.24) is 10.1 Å². The van der Waals surface area contributed by atoms with E-state index in [1.807, 2.05) is 42.1 Å². The summed E-state index contributed by atoms with van der Waals surface area (Å²) in [5.41, 5.74) is 0.966. The van der Waals surface area contributed by atoms with Gasteiger partial charge in [-0.1, -0.05) is 25.1 Å². The SMILES string of the molecule is CC1SCCN(c2noc(-c3ccccc3)n2)C1C. The maximum absolute atomic E-state index is 5.38. The molecular weight excluding hydrogens is 258 g/mol. The summed E-state index contributed by atoms with van der Waals surface area (Å²) in [5.74, 6) is 2.41. The molecule has 0 amide bonds. The maximum Gasteiger partial charge on any atom is 0.266 e. The first-order valence-electron chi connectivity index (χ1n) is 6.53. The number of hydrogen-bond donors (Lipinski definition) is 0. The first kappa shape index (κ1) is 12.5. The van der Waals surface area contributed by atoms with Crippen molar-refractivity contribution in [3.63, 3.8) is 0 Å². The highest BCUT2D eigenvalue weighted by Crippen LogP contribution is 2.28. The normalized spacial score (nSPS) is 23.6.